The molecule has 0 nitrogen and oxygen atoms in total. The lowest BCUT2D eigenvalue weighted by Crippen LogP contribution is -2.25. The van der Waals surface area contributed by atoms with Crippen LogP contribution in [0.3, 0.4) is 0 Å². The van der Waals surface area contributed by atoms with Crippen LogP contribution in [-0.2, 0) is 0 Å². The van der Waals surface area contributed by atoms with E-state index in [0.29, 0.717) is 0 Å². The highest BCUT2D eigenvalue weighted by Crippen LogP contribution is 2.11. The minimum absolute atomic E-state index is 0.988. The molecule has 0 bridgehead atoms. The van der Waals surface area contributed by atoms with E-state index < -0.39 is 0 Å². The Morgan fingerprint density at radius 1 is 1.12 bits per heavy atom. The molecule has 2 rings (SSSR count). The lowest BCUT2D eigenvalue weighted by molar-refractivity contribution is 1.41. The van der Waals surface area contributed by atoms with Gasteiger partial charge in [-0.1, -0.05) is 55.1 Å². The molecule has 0 amide bonds. The molecule has 0 saturated heterocycles. The molecule has 0 radical (unpaired) electrons. The lowest BCUT2D eigenvalue weighted by Gasteiger charge is -1.98. The Morgan fingerprint density at radius 2 is 1.94 bits per heavy atom. The first-order valence-electron chi connectivity index (χ1n) is 5.25. The van der Waals surface area contributed by atoms with Gasteiger partial charge in [0.2, 0.25) is 0 Å². The Kier molecular flexibility index (Phi) is 3.78. The minimum Gasteiger partial charge on any atom is -0.0917 e. The summed E-state index contributed by atoms with van der Waals surface area (Å²) >= 11 is 2.42. The molecule has 0 fully saturated rings. The number of hydrogen-bond donors (Lipinski definition) is 0. The molecule has 1 heteroatoms. The van der Waals surface area contributed by atoms with Crippen LogP contribution in [0.15, 0.2) is 60.7 Å². The van der Waals surface area contributed by atoms with Crippen molar-refractivity contribution in [2.24, 2.45) is 0 Å². The van der Waals surface area contributed by atoms with E-state index in [0.717, 1.165) is 12.0 Å². The summed E-state index contributed by atoms with van der Waals surface area (Å²) in [6, 6.07) is 8.45. The molecule has 80 valence electrons. The van der Waals surface area contributed by atoms with Crippen molar-refractivity contribution in [3.63, 3.8) is 0 Å². The summed E-state index contributed by atoms with van der Waals surface area (Å²) in [5, 5.41) is 2.56. The van der Waals surface area contributed by atoms with Gasteiger partial charge in [0.1, 0.15) is 0 Å². The Labute approximate surface area is 110 Å². The molecule has 0 saturated carbocycles. The second-order valence-electron chi connectivity index (χ2n) is 3.70. The maximum absolute atomic E-state index is 4.02. The van der Waals surface area contributed by atoms with Crippen LogP contribution in [0, 0.1) is 0 Å². The molecule has 1 aliphatic carbocycles. The zero-order valence-electron chi connectivity index (χ0n) is 8.99. The number of fused-ring (bicyclic) bond motifs is 1. The monoisotopic (exact) mass is 320 g/mol. The van der Waals surface area contributed by atoms with Gasteiger partial charge in [-0.05, 0) is 51.1 Å². The molecule has 16 heavy (non-hydrogen) atoms. The smallest absolute Gasteiger partial charge is 0.00221 e. The van der Waals surface area contributed by atoms with Crippen LogP contribution in [0.4, 0.5) is 0 Å². The largest absolute Gasteiger partial charge is 0.0917 e. The van der Waals surface area contributed by atoms with E-state index in [1.807, 2.05) is 12.2 Å². The fourth-order valence-electron chi connectivity index (χ4n) is 1.66. The molecule has 0 atom stereocenters. The standard InChI is InChI=1S/C15H13I/c1-12-7-3-2-4-10-15(16)14-9-6-5-8-13(14)11-12/h2-9,11H,1,10H2/b4-2-,7-3-,13-11?,15-14+. The second-order valence-corrected chi connectivity index (χ2v) is 5.00. The summed E-state index contributed by atoms with van der Waals surface area (Å²) < 4.78 is 1.36. The first-order chi connectivity index (χ1) is 7.77. The highest BCUT2D eigenvalue weighted by atomic mass is 127. The highest BCUT2D eigenvalue weighted by Gasteiger charge is 1.94. The summed E-state index contributed by atoms with van der Waals surface area (Å²) in [7, 11) is 0. The van der Waals surface area contributed by atoms with Crippen LogP contribution < -0.4 is 10.4 Å². The molecule has 0 aromatic heterocycles. The number of hydrogen-bond acceptors (Lipinski definition) is 0. The van der Waals surface area contributed by atoms with Crippen molar-refractivity contribution in [1.29, 1.82) is 0 Å². The van der Waals surface area contributed by atoms with Gasteiger partial charge in [-0.15, -0.1) is 0 Å². The van der Waals surface area contributed by atoms with E-state index in [9.17, 15) is 0 Å². The Hall–Kier alpha value is -1.09. The van der Waals surface area contributed by atoms with Crippen molar-refractivity contribution in [3.05, 3.63) is 71.2 Å². The summed E-state index contributed by atoms with van der Waals surface area (Å²) in [6.45, 7) is 4.02. The predicted octanol–water partition coefficient (Wildman–Crippen LogP) is 3.08. The quantitative estimate of drug-likeness (QED) is 0.645. The van der Waals surface area contributed by atoms with Gasteiger partial charge in [-0.25, -0.2) is 0 Å². The maximum Gasteiger partial charge on any atom is 0.00221 e. The summed E-state index contributed by atoms with van der Waals surface area (Å²) in [4.78, 5) is 0. The Bertz CT molecular complexity index is 574. The van der Waals surface area contributed by atoms with Crippen molar-refractivity contribution in [2.75, 3.05) is 0 Å². The average molecular weight is 320 g/mol. The zero-order chi connectivity index (χ0) is 11.4. The third-order valence-corrected chi connectivity index (χ3v) is 3.47. The van der Waals surface area contributed by atoms with Crippen molar-refractivity contribution in [2.45, 2.75) is 6.42 Å². The molecular weight excluding hydrogens is 307 g/mol. The molecule has 0 heterocycles. The van der Waals surface area contributed by atoms with E-state index in [-0.39, 0.29) is 0 Å². The van der Waals surface area contributed by atoms with Gasteiger partial charge < -0.3 is 0 Å². The van der Waals surface area contributed by atoms with Crippen LogP contribution in [-0.4, -0.2) is 0 Å². The van der Waals surface area contributed by atoms with E-state index in [1.54, 1.807) is 0 Å². The second kappa shape index (κ2) is 5.30. The van der Waals surface area contributed by atoms with Gasteiger partial charge in [0.25, 0.3) is 0 Å². The van der Waals surface area contributed by atoms with Gasteiger partial charge in [0, 0.05) is 3.58 Å². The normalized spacial score (nSPS) is 22.9. The molecule has 0 unspecified atom stereocenters. The van der Waals surface area contributed by atoms with Crippen molar-refractivity contribution >= 4 is 32.2 Å². The van der Waals surface area contributed by atoms with Crippen molar-refractivity contribution in [1.82, 2.24) is 0 Å². The van der Waals surface area contributed by atoms with Gasteiger partial charge >= 0.3 is 0 Å². The average Bonchev–Trinajstić information content (AvgIpc) is 2.28. The first-order valence-corrected chi connectivity index (χ1v) is 6.33. The summed E-state index contributed by atoms with van der Waals surface area (Å²) in [5.41, 5.74) is 1.03. The zero-order valence-corrected chi connectivity index (χ0v) is 11.1. The van der Waals surface area contributed by atoms with Gasteiger partial charge in [-0.2, -0.15) is 0 Å². The van der Waals surface area contributed by atoms with Crippen molar-refractivity contribution in [3.8, 4) is 0 Å². The molecule has 1 aromatic rings. The third kappa shape index (κ3) is 2.73. The fraction of sp³-hybridized carbons (Fsp3) is 0.0667. The van der Waals surface area contributed by atoms with Crippen LogP contribution >= 0.6 is 22.6 Å². The molecule has 1 aliphatic rings. The topological polar surface area (TPSA) is 0 Å². The third-order valence-electron chi connectivity index (χ3n) is 2.45. The van der Waals surface area contributed by atoms with Crippen LogP contribution in [0.5, 0.6) is 0 Å². The van der Waals surface area contributed by atoms with E-state index in [2.05, 4.69) is 71.7 Å². The van der Waals surface area contributed by atoms with E-state index in [4.69, 9.17) is 0 Å². The summed E-state index contributed by atoms with van der Waals surface area (Å²) in [5.74, 6) is 0. The Balaban J connectivity index is 2.75. The Morgan fingerprint density at radius 3 is 2.81 bits per heavy atom. The first kappa shape index (κ1) is 11.4. The molecular formula is C15H13I. The highest BCUT2D eigenvalue weighted by molar-refractivity contribution is 14.1. The number of halogens is 1. The number of allylic oxidation sites excluding steroid dienone is 5. The van der Waals surface area contributed by atoms with Crippen molar-refractivity contribution < 1.29 is 0 Å². The van der Waals surface area contributed by atoms with Crippen LogP contribution in [0.2, 0.25) is 0 Å². The molecule has 0 aliphatic heterocycles. The van der Waals surface area contributed by atoms with Gasteiger partial charge in [0.05, 0.1) is 0 Å². The SMILES string of the molecule is C=C1C=c2cccc/c2=C(\I)C/C=C\C=C/1. The lowest BCUT2D eigenvalue weighted by atomic mass is 10.1. The number of rotatable bonds is 0. The van der Waals surface area contributed by atoms with Crippen LogP contribution in [0.25, 0.3) is 9.66 Å². The van der Waals surface area contributed by atoms with E-state index >= 15 is 0 Å². The summed E-state index contributed by atoms with van der Waals surface area (Å²) in [6.07, 6.45) is 11.4. The fourth-order valence-corrected chi connectivity index (χ4v) is 2.40. The molecule has 0 spiro atoms. The maximum atomic E-state index is 4.02. The number of benzene rings is 1. The predicted molar refractivity (Wildman–Crippen MR) is 79.6 cm³/mol. The van der Waals surface area contributed by atoms with Gasteiger partial charge in [0.15, 0.2) is 0 Å². The van der Waals surface area contributed by atoms with E-state index in [1.165, 1.54) is 14.0 Å². The molecule has 1 aromatic carbocycles. The minimum atomic E-state index is 0.988. The van der Waals surface area contributed by atoms with Crippen LogP contribution in [0.1, 0.15) is 6.42 Å². The van der Waals surface area contributed by atoms with Gasteiger partial charge in [-0.3, -0.25) is 0 Å². The molecule has 0 N–H and O–H groups in total.